The summed E-state index contributed by atoms with van der Waals surface area (Å²) in [5, 5.41) is 0.421. The van der Waals surface area contributed by atoms with Crippen molar-refractivity contribution in [2.24, 2.45) is 0 Å². The average Bonchev–Trinajstić information content (AvgIpc) is 2.43. The molecule has 0 aliphatic carbocycles. The van der Waals surface area contributed by atoms with Gasteiger partial charge in [-0.05, 0) is 29.5 Å². The molecule has 0 radical (unpaired) electrons. The highest BCUT2D eigenvalue weighted by Gasteiger charge is 2.23. The molecule has 1 aromatic heterocycles. The lowest BCUT2D eigenvalue weighted by atomic mass is 9.83. The van der Waals surface area contributed by atoms with E-state index in [0.29, 0.717) is 15.3 Å². The van der Waals surface area contributed by atoms with Crippen molar-refractivity contribution in [2.45, 2.75) is 33.1 Å². The molecule has 0 spiro atoms. The molecule has 0 unspecified atom stereocenters. The fraction of sp³-hybridized carbons (Fsp3) is 0.417. The Hall–Kier alpha value is -1.16. The zero-order valence-corrected chi connectivity index (χ0v) is 10.7. The molecule has 2 nitrogen and oxygen atoms in total. The molecule has 4 heteroatoms. The number of aromatic nitrogens is 1. The van der Waals surface area contributed by atoms with Gasteiger partial charge in [-0.25, -0.2) is 9.37 Å². The van der Waals surface area contributed by atoms with E-state index in [4.69, 9.17) is 5.73 Å². The van der Waals surface area contributed by atoms with Crippen LogP contribution in [0.4, 0.5) is 9.52 Å². The zero-order valence-electron chi connectivity index (χ0n) is 9.89. The Morgan fingerprint density at radius 1 is 1.38 bits per heavy atom. The van der Waals surface area contributed by atoms with Gasteiger partial charge in [-0.1, -0.05) is 32.1 Å². The summed E-state index contributed by atoms with van der Waals surface area (Å²) in [4.78, 5) is 4.26. The predicted molar refractivity (Wildman–Crippen MR) is 67.4 cm³/mol. The van der Waals surface area contributed by atoms with Gasteiger partial charge in [0.2, 0.25) is 0 Å². The van der Waals surface area contributed by atoms with E-state index in [1.165, 1.54) is 11.3 Å². The number of hydrogen-bond donors (Lipinski definition) is 1. The minimum Gasteiger partial charge on any atom is -0.375 e. The fourth-order valence-corrected chi connectivity index (χ4v) is 2.88. The van der Waals surface area contributed by atoms with Crippen LogP contribution in [0.5, 0.6) is 0 Å². The van der Waals surface area contributed by atoms with E-state index in [0.717, 1.165) is 11.1 Å². The van der Waals surface area contributed by atoms with Gasteiger partial charge in [-0.2, -0.15) is 0 Å². The van der Waals surface area contributed by atoms with Gasteiger partial charge in [0, 0.05) is 0 Å². The molecule has 0 aliphatic rings. The van der Waals surface area contributed by atoms with Crippen molar-refractivity contribution in [3.05, 3.63) is 23.0 Å². The third kappa shape index (κ3) is 1.67. The molecule has 16 heavy (non-hydrogen) atoms. The molecule has 0 saturated heterocycles. The minimum atomic E-state index is -0.227. The molecule has 2 rings (SSSR count). The van der Waals surface area contributed by atoms with Crippen LogP contribution < -0.4 is 5.73 Å². The first kappa shape index (κ1) is 11.3. The molecule has 0 saturated carbocycles. The van der Waals surface area contributed by atoms with Crippen LogP contribution in [0.1, 0.15) is 31.9 Å². The molecule has 1 aromatic carbocycles. The van der Waals surface area contributed by atoms with Crippen LogP contribution in [0.3, 0.4) is 0 Å². The van der Waals surface area contributed by atoms with Crippen molar-refractivity contribution in [1.29, 1.82) is 0 Å². The van der Waals surface area contributed by atoms with Crippen LogP contribution in [0.2, 0.25) is 0 Å². The lowest BCUT2D eigenvalue weighted by Gasteiger charge is -2.22. The number of hydrogen-bond acceptors (Lipinski definition) is 3. The van der Waals surface area contributed by atoms with Gasteiger partial charge < -0.3 is 5.73 Å². The number of anilines is 1. The molecular formula is C12H15FN2S. The minimum absolute atomic E-state index is 0.0590. The summed E-state index contributed by atoms with van der Waals surface area (Å²) in [6.07, 6.45) is 0. The summed E-state index contributed by atoms with van der Waals surface area (Å²) in [7, 11) is 0. The van der Waals surface area contributed by atoms with Gasteiger partial charge in [0.15, 0.2) is 5.13 Å². The first-order chi connectivity index (χ1) is 7.30. The van der Waals surface area contributed by atoms with Crippen LogP contribution in [0.25, 0.3) is 10.2 Å². The van der Waals surface area contributed by atoms with Crippen LogP contribution in [0.15, 0.2) is 6.07 Å². The molecule has 2 aromatic rings. The number of halogens is 1. The molecular weight excluding hydrogens is 223 g/mol. The Kier molecular flexibility index (Phi) is 2.42. The summed E-state index contributed by atoms with van der Waals surface area (Å²) in [6.45, 7) is 8.21. The van der Waals surface area contributed by atoms with Gasteiger partial charge in [0.25, 0.3) is 0 Å². The van der Waals surface area contributed by atoms with Crippen molar-refractivity contribution in [2.75, 3.05) is 5.73 Å². The normalized spacial score (nSPS) is 12.3. The van der Waals surface area contributed by atoms with E-state index in [9.17, 15) is 4.39 Å². The van der Waals surface area contributed by atoms with E-state index < -0.39 is 0 Å². The Bertz CT molecular complexity index is 552. The summed E-state index contributed by atoms with van der Waals surface area (Å²) in [6, 6.07) is 1.57. The second-order valence-electron chi connectivity index (χ2n) is 5.03. The number of aryl methyl sites for hydroxylation is 1. The highest BCUT2D eigenvalue weighted by atomic mass is 32.1. The second kappa shape index (κ2) is 3.42. The van der Waals surface area contributed by atoms with Crippen molar-refractivity contribution in [3.63, 3.8) is 0 Å². The molecule has 0 amide bonds. The standard InChI is InChI=1S/C12H15FN2S/c1-6-5-7(13)10-9(15-11(14)16-10)8(6)12(2,3)4/h5H,1-4H3,(H2,14,15). The third-order valence-corrected chi connectivity index (χ3v) is 3.48. The van der Waals surface area contributed by atoms with Crippen LogP contribution in [-0.2, 0) is 5.41 Å². The van der Waals surface area contributed by atoms with Crippen molar-refractivity contribution >= 4 is 26.7 Å². The van der Waals surface area contributed by atoms with Crippen molar-refractivity contribution < 1.29 is 4.39 Å². The van der Waals surface area contributed by atoms with E-state index in [1.54, 1.807) is 6.07 Å². The summed E-state index contributed by atoms with van der Waals surface area (Å²) < 4.78 is 14.3. The highest BCUT2D eigenvalue weighted by Crippen LogP contribution is 2.37. The molecule has 0 aliphatic heterocycles. The molecule has 0 atom stereocenters. The third-order valence-electron chi connectivity index (χ3n) is 2.58. The lowest BCUT2D eigenvalue weighted by Crippen LogP contribution is -2.14. The monoisotopic (exact) mass is 238 g/mol. The number of thiazole rings is 1. The first-order valence-electron chi connectivity index (χ1n) is 5.16. The zero-order chi connectivity index (χ0) is 12.1. The number of benzene rings is 1. The van der Waals surface area contributed by atoms with Crippen LogP contribution >= 0.6 is 11.3 Å². The average molecular weight is 238 g/mol. The van der Waals surface area contributed by atoms with Crippen molar-refractivity contribution in [3.8, 4) is 0 Å². The lowest BCUT2D eigenvalue weighted by molar-refractivity contribution is 0.586. The van der Waals surface area contributed by atoms with E-state index in [1.807, 2.05) is 6.92 Å². The molecule has 0 fully saturated rings. The highest BCUT2D eigenvalue weighted by molar-refractivity contribution is 7.22. The first-order valence-corrected chi connectivity index (χ1v) is 5.98. The van der Waals surface area contributed by atoms with Gasteiger partial charge >= 0.3 is 0 Å². The fourth-order valence-electron chi connectivity index (χ4n) is 2.13. The van der Waals surface area contributed by atoms with E-state index >= 15 is 0 Å². The van der Waals surface area contributed by atoms with Crippen LogP contribution in [-0.4, -0.2) is 4.98 Å². The molecule has 86 valence electrons. The van der Waals surface area contributed by atoms with Gasteiger partial charge in [0.05, 0.1) is 10.2 Å². The molecule has 0 bridgehead atoms. The molecule has 2 N–H and O–H groups in total. The number of nitrogen functional groups attached to an aromatic ring is 1. The van der Waals surface area contributed by atoms with E-state index in [-0.39, 0.29) is 11.2 Å². The number of fused-ring (bicyclic) bond motifs is 1. The number of nitrogens with two attached hydrogens (primary N) is 1. The maximum atomic E-state index is 13.7. The number of nitrogens with zero attached hydrogens (tertiary/aromatic N) is 1. The largest absolute Gasteiger partial charge is 0.375 e. The van der Waals surface area contributed by atoms with Gasteiger partial charge in [0.1, 0.15) is 5.82 Å². The van der Waals surface area contributed by atoms with Gasteiger partial charge in [-0.3, -0.25) is 0 Å². The predicted octanol–water partition coefficient (Wildman–Crippen LogP) is 3.62. The number of rotatable bonds is 0. The summed E-state index contributed by atoms with van der Waals surface area (Å²) >= 11 is 1.21. The SMILES string of the molecule is Cc1cc(F)c2sc(N)nc2c1C(C)(C)C. The maximum absolute atomic E-state index is 13.7. The van der Waals surface area contributed by atoms with Gasteiger partial charge in [-0.15, -0.1) is 0 Å². The Morgan fingerprint density at radius 3 is 2.56 bits per heavy atom. The maximum Gasteiger partial charge on any atom is 0.181 e. The molecule has 1 heterocycles. The second-order valence-corrected chi connectivity index (χ2v) is 6.06. The topological polar surface area (TPSA) is 38.9 Å². The quantitative estimate of drug-likeness (QED) is 0.761. The van der Waals surface area contributed by atoms with E-state index in [2.05, 4.69) is 25.8 Å². The van der Waals surface area contributed by atoms with Crippen LogP contribution in [0, 0.1) is 12.7 Å². The summed E-state index contributed by atoms with van der Waals surface area (Å²) in [5.41, 5.74) is 8.33. The Morgan fingerprint density at radius 2 is 2.00 bits per heavy atom. The van der Waals surface area contributed by atoms with Crippen molar-refractivity contribution in [1.82, 2.24) is 4.98 Å². The summed E-state index contributed by atoms with van der Waals surface area (Å²) in [5.74, 6) is -0.227. The Balaban J connectivity index is 2.92. The Labute approximate surface area is 98.3 Å². The smallest absolute Gasteiger partial charge is 0.181 e.